The average Bonchev–Trinajstić information content (AvgIpc) is 2.71. The monoisotopic (exact) mass is 264 g/mol. The van der Waals surface area contributed by atoms with Crippen molar-refractivity contribution in [2.75, 3.05) is 19.6 Å². The van der Waals surface area contributed by atoms with Crippen LogP contribution in [0.1, 0.15) is 44.9 Å². The molecule has 0 amide bonds. The van der Waals surface area contributed by atoms with Crippen LogP contribution < -0.4 is 5.73 Å². The van der Waals surface area contributed by atoms with Crippen molar-refractivity contribution in [1.29, 1.82) is 0 Å². The number of likely N-dealkylation sites (tertiary alicyclic amines) is 1. The predicted octanol–water partition coefficient (Wildman–Crippen LogP) is 1.89. The summed E-state index contributed by atoms with van der Waals surface area (Å²) in [5.74, 6) is 0.729. The van der Waals surface area contributed by atoms with Crippen molar-refractivity contribution < 1.29 is 0 Å². The van der Waals surface area contributed by atoms with E-state index in [-0.39, 0.29) is 5.41 Å². The number of hydrogen-bond acceptors (Lipinski definition) is 3. The fourth-order valence-electron chi connectivity index (χ4n) is 2.91. The molecule has 1 saturated heterocycles. The minimum Gasteiger partial charge on any atom is -0.330 e. The molecular weight excluding hydrogens is 236 g/mol. The van der Waals surface area contributed by atoms with Crippen molar-refractivity contribution >= 4 is 0 Å². The standard InChI is InChI=1S/C15H28N4/c1-15(2,3)14-13(10-18(4)17-14)11-19-7-5-12(9-16)6-8-19/h10,12H,5-9,11,16H2,1-4H3. The Morgan fingerprint density at radius 1 is 1.32 bits per heavy atom. The maximum Gasteiger partial charge on any atom is 0.0722 e. The van der Waals surface area contributed by atoms with Crippen LogP contribution >= 0.6 is 0 Å². The second kappa shape index (κ2) is 5.63. The van der Waals surface area contributed by atoms with Gasteiger partial charge in [0.2, 0.25) is 0 Å². The highest BCUT2D eigenvalue weighted by molar-refractivity contribution is 5.24. The second-order valence-corrected chi connectivity index (χ2v) is 6.88. The van der Waals surface area contributed by atoms with Gasteiger partial charge >= 0.3 is 0 Å². The second-order valence-electron chi connectivity index (χ2n) is 6.88. The smallest absolute Gasteiger partial charge is 0.0722 e. The molecule has 0 aromatic carbocycles. The van der Waals surface area contributed by atoms with E-state index in [2.05, 4.69) is 37.0 Å². The van der Waals surface area contributed by atoms with Gasteiger partial charge in [-0.2, -0.15) is 5.10 Å². The molecule has 1 aromatic rings. The van der Waals surface area contributed by atoms with E-state index in [9.17, 15) is 0 Å². The number of aromatic nitrogens is 2. The lowest BCUT2D eigenvalue weighted by Crippen LogP contribution is -2.36. The maximum atomic E-state index is 5.75. The molecule has 4 heteroatoms. The van der Waals surface area contributed by atoms with Crippen LogP contribution in [0.3, 0.4) is 0 Å². The molecule has 19 heavy (non-hydrogen) atoms. The Balaban J connectivity index is 2.04. The molecule has 0 aliphatic carbocycles. The largest absolute Gasteiger partial charge is 0.330 e. The molecule has 108 valence electrons. The SMILES string of the molecule is Cn1cc(CN2CCC(CN)CC2)c(C(C)(C)C)n1. The van der Waals surface area contributed by atoms with Gasteiger partial charge < -0.3 is 5.73 Å². The highest BCUT2D eigenvalue weighted by Gasteiger charge is 2.24. The Labute approximate surface area is 117 Å². The highest BCUT2D eigenvalue weighted by Crippen LogP contribution is 2.26. The summed E-state index contributed by atoms with van der Waals surface area (Å²) in [5.41, 5.74) is 8.48. The molecule has 2 N–H and O–H groups in total. The van der Waals surface area contributed by atoms with Gasteiger partial charge in [0.05, 0.1) is 5.69 Å². The van der Waals surface area contributed by atoms with Crippen LogP contribution in [0.15, 0.2) is 6.20 Å². The molecule has 2 rings (SSSR count). The lowest BCUT2D eigenvalue weighted by Gasteiger charge is -2.31. The van der Waals surface area contributed by atoms with Crippen molar-refractivity contribution in [3.05, 3.63) is 17.5 Å². The van der Waals surface area contributed by atoms with Crippen LogP contribution in [-0.4, -0.2) is 34.3 Å². The Hall–Kier alpha value is -0.870. The third-order valence-electron chi connectivity index (χ3n) is 4.05. The van der Waals surface area contributed by atoms with Crippen molar-refractivity contribution in [3.8, 4) is 0 Å². The average molecular weight is 264 g/mol. The zero-order chi connectivity index (χ0) is 14.0. The summed E-state index contributed by atoms with van der Waals surface area (Å²) in [6, 6.07) is 0. The van der Waals surface area contributed by atoms with E-state index in [1.807, 2.05) is 11.7 Å². The molecule has 1 aliphatic heterocycles. The van der Waals surface area contributed by atoms with E-state index < -0.39 is 0 Å². The molecule has 1 aromatic heterocycles. The van der Waals surface area contributed by atoms with E-state index in [1.54, 1.807) is 0 Å². The normalized spacial score (nSPS) is 19.0. The molecule has 0 atom stereocenters. The van der Waals surface area contributed by atoms with E-state index in [4.69, 9.17) is 5.73 Å². The molecule has 0 unspecified atom stereocenters. The predicted molar refractivity (Wildman–Crippen MR) is 79.0 cm³/mol. The zero-order valence-corrected chi connectivity index (χ0v) is 12.8. The van der Waals surface area contributed by atoms with Crippen LogP contribution in [0.5, 0.6) is 0 Å². The van der Waals surface area contributed by atoms with E-state index in [0.29, 0.717) is 0 Å². The lowest BCUT2D eigenvalue weighted by molar-refractivity contribution is 0.179. The fraction of sp³-hybridized carbons (Fsp3) is 0.800. The summed E-state index contributed by atoms with van der Waals surface area (Å²) >= 11 is 0. The van der Waals surface area contributed by atoms with Crippen LogP contribution in [0.4, 0.5) is 0 Å². The van der Waals surface area contributed by atoms with Crippen molar-refractivity contribution in [3.63, 3.8) is 0 Å². The minimum absolute atomic E-state index is 0.117. The lowest BCUT2D eigenvalue weighted by atomic mass is 9.89. The van der Waals surface area contributed by atoms with Crippen LogP contribution in [0.2, 0.25) is 0 Å². The summed E-state index contributed by atoms with van der Waals surface area (Å²) in [4.78, 5) is 2.54. The Kier molecular flexibility index (Phi) is 4.31. The van der Waals surface area contributed by atoms with Gasteiger partial charge in [-0.15, -0.1) is 0 Å². The molecule has 1 fully saturated rings. The molecule has 0 saturated carbocycles. The highest BCUT2D eigenvalue weighted by atomic mass is 15.3. The first kappa shape index (κ1) is 14.5. The first-order chi connectivity index (χ1) is 8.90. The molecular formula is C15H28N4. The first-order valence-corrected chi connectivity index (χ1v) is 7.35. The molecule has 0 spiro atoms. The number of rotatable bonds is 3. The van der Waals surface area contributed by atoms with Crippen molar-refractivity contribution in [2.45, 2.75) is 45.6 Å². The van der Waals surface area contributed by atoms with Gasteiger partial charge in [0, 0.05) is 30.8 Å². The van der Waals surface area contributed by atoms with Crippen molar-refractivity contribution in [1.82, 2.24) is 14.7 Å². The summed E-state index contributed by atoms with van der Waals surface area (Å²) in [5, 5.41) is 4.65. The number of hydrogen-bond donors (Lipinski definition) is 1. The number of piperidine rings is 1. The Bertz CT molecular complexity index is 408. The topological polar surface area (TPSA) is 47.1 Å². The Morgan fingerprint density at radius 3 is 2.47 bits per heavy atom. The zero-order valence-electron chi connectivity index (χ0n) is 12.8. The van der Waals surface area contributed by atoms with E-state index in [1.165, 1.54) is 37.2 Å². The van der Waals surface area contributed by atoms with Crippen LogP contribution in [-0.2, 0) is 19.0 Å². The van der Waals surface area contributed by atoms with Gasteiger partial charge in [-0.3, -0.25) is 9.58 Å². The number of aryl methyl sites for hydroxylation is 1. The first-order valence-electron chi connectivity index (χ1n) is 7.35. The summed E-state index contributed by atoms with van der Waals surface area (Å²) in [6.07, 6.45) is 4.65. The molecule has 1 aliphatic rings. The third-order valence-corrected chi connectivity index (χ3v) is 4.05. The van der Waals surface area contributed by atoms with Crippen LogP contribution in [0.25, 0.3) is 0 Å². The van der Waals surface area contributed by atoms with E-state index >= 15 is 0 Å². The third kappa shape index (κ3) is 3.57. The molecule has 4 nitrogen and oxygen atoms in total. The minimum atomic E-state index is 0.117. The molecule has 0 bridgehead atoms. The van der Waals surface area contributed by atoms with Gasteiger partial charge in [-0.1, -0.05) is 20.8 Å². The van der Waals surface area contributed by atoms with Gasteiger partial charge in [0.25, 0.3) is 0 Å². The summed E-state index contributed by atoms with van der Waals surface area (Å²) in [6.45, 7) is 10.9. The maximum absolute atomic E-state index is 5.75. The molecule has 0 radical (unpaired) electrons. The van der Waals surface area contributed by atoms with Crippen LogP contribution in [0, 0.1) is 5.92 Å². The summed E-state index contributed by atoms with van der Waals surface area (Å²) in [7, 11) is 2.01. The molecule has 2 heterocycles. The fourth-order valence-corrected chi connectivity index (χ4v) is 2.91. The van der Waals surface area contributed by atoms with Gasteiger partial charge in [0.1, 0.15) is 0 Å². The van der Waals surface area contributed by atoms with Gasteiger partial charge in [-0.25, -0.2) is 0 Å². The van der Waals surface area contributed by atoms with Gasteiger partial charge in [-0.05, 0) is 38.4 Å². The number of nitrogens with zero attached hydrogens (tertiary/aromatic N) is 3. The van der Waals surface area contributed by atoms with Gasteiger partial charge in [0.15, 0.2) is 0 Å². The number of nitrogens with two attached hydrogens (primary N) is 1. The Morgan fingerprint density at radius 2 is 1.95 bits per heavy atom. The quantitative estimate of drug-likeness (QED) is 0.907. The van der Waals surface area contributed by atoms with Crippen molar-refractivity contribution in [2.24, 2.45) is 18.7 Å². The van der Waals surface area contributed by atoms with E-state index in [0.717, 1.165) is 19.0 Å². The summed E-state index contributed by atoms with van der Waals surface area (Å²) < 4.78 is 1.95.